The van der Waals surface area contributed by atoms with Crippen molar-refractivity contribution in [2.24, 2.45) is 5.14 Å². The zero-order valence-corrected chi connectivity index (χ0v) is 10.0. The first-order valence-electron chi connectivity index (χ1n) is 4.87. The van der Waals surface area contributed by atoms with Gasteiger partial charge in [-0.25, -0.2) is 17.9 Å². The molecular weight excluding hydrogens is 267 g/mol. The number of hydrogen-bond acceptors (Lipinski definition) is 5. The van der Waals surface area contributed by atoms with E-state index in [4.69, 9.17) is 9.88 Å². The summed E-state index contributed by atoms with van der Waals surface area (Å²) in [6.07, 6.45) is 0.0182. The van der Waals surface area contributed by atoms with Gasteiger partial charge in [-0.1, -0.05) is 6.07 Å². The minimum Gasteiger partial charge on any atom is -0.485 e. The van der Waals surface area contributed by atoms with Crippen LogP contribution < -0.4 is 9.88 Å². The van der Waals surface area contributed by atoms with Gasteiger partial charge in [0.25, 0.3) is 0 Å². The van der Waals surface area contributed by atoms with Crippen LogP contribution in [0.4, 0.5) is 10.1 Å². The molecule has 0 aliphatic rings. The smallest absolute Gasteiger partial charge is 0.314 e. The van der Waals surface area contributed by atoms with Crippen LogP contribution in [-0.2, 0) is 10.0 Å². The lowest BCUT2D eigenvalue weighted by atomic mass is 10.3. The number of ether oxygens (including phenoxy) is 1. The molecule has 0 radical (unpaired) electrons. The van der Waals surface area contributed by atoms with Crippen molar-refractivity contribution < 1.29 is 22.5 Å². The largest absolute Gasteiger partial charge is 0.485 e. The Balaban J connectivity index is 2.70. The molecule has 100 valence electrons. The van der Waals surface area contributed by atoms with E-state index in [1.165, 1.54) is 6.07 Å². The van der Waals surface area contributed by atoms with Crippen LogP contribution in [0.25, 0.3) is 0 Å². The van der Waals surface area contributed by atoms with Gasteiger partial charge in [-0.05, 0) is 12.5 Å². The van der Waals surface area contributed by atoms with Gasteiger partial charge >= 0.3 is 5.69 Å². The zero-order chi connectivity index (χ0) is 13.8. The molecule has 0 bridgehead atoms. The van der Waals surface area contributed by atoms with Crippen molar-refractivity contribution >= 4 is 15.7 Å². The van der Waals surface area contributed by atoms with Crippen molar-refractivity contribution in [3.05, 3.63) is 34.1 Å². The average molecular weight is 278 g/mol. The molecule has 9 heteroatoms. The predicted octanol–water partition coefficient (Wildman–Crippen LogP) is 0.791. The molecule has 0 unspecified atom stereocenters. The van der Waals surface area contributed by atoms with Crippen LogP contribution in [0, 0.1) is 15.9 Å². The summed E-state index contributed by atoms with van der Waals surface area (Å²) in [6, 6.07) is 3.30. The van der Waals surface area contributed by atoms with Gasteiger partial charge in [0, 0.05) is 6.07 Å². The number of hydrogen-bond donors (Lipinski definition) is 1. The normalized spacial score (nSPS) is 11.2. The van der Waals surface area contributed by atoms with Gasteiger partial charge in [0.05, 0.1) is 17.3 Å². The van der Waals surface area contributed by atoms with E-state index in [0.29, 0.717) is 0 Å². The highest BCUT2D eigenvalue weighted by atomic mass is 32.2. The van der Waals surface area contributed by atoms with E-state index >= 15 is 0 Å². The fourth-order valence-electron chi connectivity index (χ4n) is 1.22. The summed E-state index contributed by atoms with van der Waals surface area (Å²) >= 11 is 0. The van der Waals surface area contributed by atoms with E-state index in [1.54, 1.807) is 0 Å². The Morgan fingerprint density at radius 2 is 2.11 bits per heavy atom. The van der Waals surface area contributed by atoms with Crippen molar-refractivity contribution in [1.29, 1.82) is 0 Å². The number of nitro groups is 1. The summed E-state index contributed by atoms with van der Waals surface area (Å²) in [5.41, 5.74) is -0.509. The first kappa shape index (κ1) is 14.3. The van der Waals surface area contributed by atoms with Gasteiger partial charge in [-0.2, -0.15) is 0 Å². The average Bonchev–Trinajstić information content (AvgIpc) is 2.24. The van der Waals surface area contributed by atoms with Gasteiger partial charge in [-0.3, -0.25) is 10.1 Å². The van der Waals surface area contributed by atoms with Crippen molar-refractivity contribution in [2.75, 3.05) is 12.4 Å². The van der Waals surface area contributed by atoms with Crippen LogP contribution in [0.2, 0.25) is 0 Å². The summed E-state index contributed by atoms with van der Waals surface area (Å²) in [5, 5.41) is 15.4. The van der Waals surface area contributed by atoms with Crippen molar-refractivity contribution in [3.63, 3.8) is 0 Å². The molecule has 2 N–H and O–H groups in total. The lowest BCUT2D eigenvalue weighted by Gasteiger charge is -2.06. The highest BCUT2D eigenvalue weighted by Gasteiger charge is 2.19. The Kier molecular flexibility index (Phi) is 4.56. The zero-order valence-electron chi connectivity index (χ0n) is 9.21. The highest BCUT2D eigenvalue weighted by molar-refractivity contribution is 7.89. The third kappa shape index (κ3) is 4.26. The van der Waals surface area contributed by atoms with Gasteiger partial charge in [0.2, 0.25) is 15.8 Å². The fourth-order valence-corrected chi connectivity index (χ4v) is 1.74. The molecule has 0 atom stereocenters. The first-order valence-corrected chi connectivity index (χ1v) is 6.59. The summed E-state index contributed by atoms with van der Waals surface area (Å²) in [6.45, 7) is -0.182. The molecule has 1 rings (SSSR count). The number of nitro benzene ring substituents is 1. The minimum absolute atomic E-state index is 0.0182. The number of nitrogens with two attached hydrogens (primary N) is 1. The minimum atomic E-state index is -3.62. The maximum atomic E-state index is 13.3. The number of nitrogens with zero attached hydrogens (tertiary/aromatic N) is 1. The molecule has 0 saturated heterocycles. The van der Waals surface area contributed by atoms with E-state index in [0.717, 1.165) is 12.1 Å². The molecule has 0 fully saturated rings. The number of para-hydroxylation sites is 1. The second kappa shape index (κ2) is 5.74. The summed E-state index contributed by atoms with van der Waals surface area (Å²) < 4.78 is 39.4. The maximum Gasteiger partial charge on any atom is 0.314 e. The number of sulfonamides is 1. The van der Waals surface area contributed by atoms with E-state index in [-0.39, 0.29) is 18.8 Å². The number of rotatable bonds is 6. The van der Waals surface area contributed by atoms with Gasteiger partial charge in [-0.15, -0.1) is 0 Å². The van der Waals surface area contributed by atoms with Crippen molar-refractivity contribution in [1.82, 2.24) is 0 Å². The molecule has 1 aromatic rings. The Labute approximate surface area is 103 Å². The topological polar surface area (TPSA) is 113 Å². The van der Waals surface area contributed by atoms with Crippen LogP contribution in [0.1, 0.15) is 6.42 Å². The summed E-state index contributed by atoms with van der Waals surface area (Å²) in [5.74, 6) is -1.72. The number of halogens is 1. The van der Waals surface area contributed by atoms with E-state index in [2.05, 4.69) is 0 Å². The van der Waals surface area contributed by atoms with Crippen molar-refractivity contribution in [3.8, 4) is 5.75 Å². The molecule has 0 saturated carbocycles. The highest BCUT2D eigenvalue weighted by Crippen LogP contribution is 2.29. The second-order valence-electron chi connectivity index (χ2n) is 3.41. The van der Waals surface area contributed by atoms with Crippen LogP contribution in [0.3, 0.4) is 0 Å². The third-order valence-electron chi connectivity index (χ3n) is 1.96. The van der Waals surface area contributed by atoms with Crippen LogP contribution >= 0.6 is 0 Å². The Hall–Kier alpha value is -1.74. The second-order valence-corrected chi connectivity index (χ2v) is 5.15. The molecule has 0 aliphatic carbocycles. The van der Waals surface area contributed by atoms with Gasteiger partial charge in [0.15, 0.2) is 5.82 Å². The maximum absolute atomic E-state index is 13.3. The Bertz CT molecular complexity index is 546. The standard InChI is InChI=1S/C9H11FN2O5S/c10-7-3-1-4-8(12(13)14)9(7)17-5-2-6-18(11,15)16/h1,3-4H,2,5-6H2,(H2,11,15,16). The molecule has 0 aliphatic heterocycles. The molecule has 0 heterocycles. The Morgan fingerprint density at radius 1 is 1.44 bits per heavy atom. The molecular formula is C9H11FN2O5S. The van der Waals surface area contributed by atoms with Gasteiger partial charge in [0.1, 0.15) is 0 Å². The molecule has 1 aromatic carbocycles. The summed E-state index contributed by atoms with van der Waals surface area (Å²) in [7, 11) is -3.62. The summed E-state index contributed by atoms with van der Waals surface area (Å²) in [4.78, 5) is 9.83. The van der Waals surface area contributed by atoms with E-state index in [9.17, 15) is 22.9 Å². The lowest BCUT2D eigenvalue weighted by molar-refractivity contribution is -0.386. The lowest BCUT2D eigenvalue weighted by Crippen LogP contribution is -2.18. The van der Waals surface area contributed by atoms with E-state index < -0.39 is 32.2 Å². The molecule has 7 nitrogen and oxygen atoms in total. The molecule has 0 spiro atoms. The quantitative estimate of drug-likeness (QED) is 0.469. The SMILES string of the molecule is NS(=O)(=O)CCCOc1c(F)cccc1[N+](=O)[O-]. The third-order valence-corrected chi connectivity index (χ3v) is 2.82. The Morgan fingerprint density at radius 3 is 2.67 bits per heavy atom. The molecule has 0 aromatic heterocycles. The molecule has 0 amide bonds. The number of primary sulfonamides is 1. The first-order chi connectivity index (χ1) is 8.31. The van der Waals surface area contributed by atoms with Crippen LogP contribution in [-0.4, -0.2) is 25.7 Å². The predicted molar refractivity (Wildman–Crippen MR) is 61.1 cm³/mol. The van der Waals surface area contributed by atoms with Crippen LogP contribution in [0.15, 0.2) is 18.2 Å². The monoisotopic (exact) mass is 278 g/mol. The number of benzene rings is 1. The van der Waals surface area contributed by atoms with Crippen LogP contribution in [0.5, 0.6) is 5.75 Å². The van der Waals surface area contributed by atoms with E-state index in [1.807, 2.05) is 0 Å². The molecule has 18 heavy (non-hydrogen) atoms. The van der Waals surface area contributed by atoms with Crippen molar-refractivity contribution in [2.45, 2.75) is 6.42 Å². The fraction of sp³-hybridized carbons (Fsp3) is 0.333. The van der Waals surface area contributed by atoms with Gasteiger partial charge < -0.3 is 4.74 Å².